The zero-order valence-electron chi connectivity index (χ0n) is 25.4. The summed E-state index contributed by atoms with van der Waals surface area (Å²) in [6, 6.07) is 22.6. The van der Waals surface area contributed by atoms with Crippen LogP contribution < -0.4 is 19.7 Å². The van der Waals surface area contributed by atoms with E-state index >= 15 is 0 Å². The predicted octanol–water partition coefficient (Wildman–Crippen LogP) is 6.96. The lowest BCUT2D eigenvalue weighted by Gasteiger charge is -2.26. The number of aromatic nitrogens is 5. The van der Waals surface area contributed by atoms with Crippen LogP contribution in [0.1, 0.15) is 23.6 Å². The Balaban J connectivity index is 1.50. The third-order valence-electron chi connectivity index (χ3n) is 7.61. The highest BCUT2D eigenvalue weighted by Crippen LogP contribution is 2.34. The first-order chi connectivity index (χ1) is 21.5. The van der Waals surface area contributed by atoms with Gasteiger partial charge in [0.15, 0.2) is 0 Å². The number of rotatable bonds is 11. The number of pyridine rings is 3. The van der Waals surface area contributed by atoms with Gasteiger partial charge in [0, 0.05) is 55.9 Å². The second kappa shape index (κ2) is 12.8. The van der Waals surface area contributed by atoms with Crippen LogP contribution in [0.2, 0.25) is 0 Å². The van der Waals surface area contributed by atoms with Gasteiger partial charge in [-0.3, -0.25) is 9.67 Å². The normalized spacial score (nSPS) is 11.0. The molecule has 4 aromatic heterocycles. The van der Waals surface area contributed by atoms with Crippen molar-refractivity contribution in [1.82, 2.24) is 24.7 Å². The molecule has 0 amide bonds. The molecule has 0 bridgehead atoms. The van der Waals surface area contributed by atoms with Crippen molar-refractivity contribution < 1.29 is 9.47 Å². The van der Waals surface area contributed by atoms with Crippen LogP contribution in [0.4, 0.5) is 17.3 Å². The molecule has 0 aliphatic rings. The molecular formula is C35H35N7O2. The van der Waals surface area contributed by atoms with Gasteiger partial charge < -0.3 is 19.7 Å². The zero-order valence-corrected chi connectivity index (χ0v) is 25.4. The van der Waals surface area contributed by atoms with Crippen molar-refractivity contribution in [2.24, 2.45) is 7.05 Å². The molecule has 0 saturated carbocycles. The molecule has 0 spiro atoms. The van der Waals surface area contributed by atoms with Crippen LogP contribution in [0.15, 0.2) is 97.7 Å². The van der Waals surface area contributed by atoms with Crippen molar-refractivity contribution in [2.45, 2.75) is 26.4 Å². The number of benzene rings is 2. The molecule has 0 aliphatic carbocycles. The van der Waals surface area contributed by atoms with E-state index in [1.54, 1.807) is 25.1 Å². The Bertz CT molecular complexity index is 1820. The molecule has 0 fully saturated rings. The van der Waals surface area contributed by atoms with E-state index < -0.39 is 0 Å². The van der Waals surface area contributed by atoms with Crippen molar-refractivity contribution >= 4 is 28.1 Å². The van der Waals surface area contributed by atoms with Gasteiger partial charge in [-0.15, -0.1) is 0 Å². The number of aryl methyl sites for hydroxylation is 2. The van der Waals surface area contributed by atoms with Gasteiger partial charge in [0.1, 0.15) is 23.1 Å². The fourth-order valence-electron chi connectivity index (χ4n) is 5.28. The standard InChI is InChI=1S/C35H35N7O2/c1-5-26-14-15-36-19-31(26)33-16-27-17-34(39-28-18-38-41(2)23-28)37-20-32(27)35(40-33)42(21-24-6-10-29(43-3)11-7-24)22-25-8-12-30(44-4)13-9-25/h6-20,23H,5,21-22H2,1-4H3,(H,37,39). The summed E-state index contributed by atoms with van der Waals surface area (Å²) < 4.78 is 12.6. The highest BCUT2D eigenvalue weighted by atomic mass is 16.5. The van der Waals surface area contributed by atoms with Crippen molar-refractivity contribution in [1.29, 1.82) is 0 Å². The van der Waals surface area contributed by atoms with E-state index in [2.05, 4.69) is 69.7 Å². The molecular weight excluding hydrogens is 550 g/mol. The van der Waals surface area contributed by atoms with Crippen LogP contribution in [0.3, 0.4) is 0 Å². The average molecular weight is 586 g/mol. The SMILES string of the molecule is CCc1ccncc1-c1cc2cc(Nc3cnn(C)c3)ncc2c(N(Cc2ccc(OC)cc2)Cc2ccc(OC)cc2)n1. The monoisotopic (exact) mass is 585 g/mol. The molecule has 6 rings (SSSR count). The van der Waals surface area contributed by atoms with E-state index in [0.29, 0.717) is 13.1 Å². The van der Waals surface area contributed by atoms with E-state index in [1.165, 1.54) is 5.56 Å². The number of fused-ring (bicyclic) bond motifs is 1. The number of hydrogen-bond donors (Lipinski definition) is 1. The van der Waals surface area contributed by atoms with Gasteiger partial charge in [0.2, 0.25) is 0 Å². The molecule has 9 heteroatoms. The average Bonchev–Trinajstić information content (AvgIpc) is 3.48. The van der Waals surface area contributed by atoms with E-state index in [4.69, 9.17) is 19.4 Å². The minimum absolute atomic E-state index is 0.630. The third-order valence-corrected chi connectivity index (χ3v) is 7.61. The van der Waals surface area contributed by atoms with Gasteiger partial charge in [0.25, 0.3) is 0 Å². The van der Waals surface area contributed by atoms with Gasteiger partial charge in [0.05, 0.1) is 31.8 Å². The molecule has 2 aromatic carbocycles. The molecule has 4 heterocycles. The second-order valence-electron chi connectivity index (χ2n) is 10.6. The van der Waals surface area contributed by atoms with Gasteiger partial charge in [-0.2, -0.15) is 5.10 Å². The molecule has 0 radical (unpaired) electrons. The van der Waals surface area contributed by atoms with Gasteiger partial charge in [-0.25, -0.2) is 9.97 Å². The summed E-state index contributed by atoms with van der Waals surface area (Å²) in [5, 5.41) is 9.63. The molecule has 0 unspecified atom stereocenters. The molecule has 0 aliphatic heterocycles. The topological polar surface area (TPSA) is 90.2 Å². The van der Waals surface area contributed by atoms with E-state index in [9.17, 15) is 0 Å². The van der Waals surface area contributed by atoms with Gasteiger partial charge in [-0.1, -0.05) is 31.2 Å². The first kappa shape index (κ1) is 28.7. The van der Waals surface area contributed by atoms with Crippen molar-refractivity contribution in [2.75, 3.05) is 24.4 Å². The molecule has 0 saturated heterocycles. The predicted molar refractivity (Wildman–Crippen MR) is 175 cm³/mol. The lowest BCUT2D eigenvalue weighted by Crippen LogP contribution is -2.24. The number of hydrogen-bond acceptors (Lipinski definition) is 8. The minimum atomic E-state index is 0.630. The minimum Gasteiger partial charge on any atom is -0.497 e. The fourth-order valence-corrected chi connectivity index (χ4v) is 5.28. The molecule has 1 N–H and O–H groups in total. The lowest BCUT2D eigenvalue weighted by atomic mass is 10.0. The summed E-state index contributed by atoms with van der Waals surface area (Å²) in [7, 11) is 5.25. The summed E-state index contributed by atoms with van der Waals surface area (Å²) >= 11 is 0. The first-order valence-electron chi connectivity index (χ1n) is 14.5. The molecule has 44 heavy (non-hydrogen) atoms. The number of nitrogens with one attached hydrogen (secondary N) is 1. The van der Waals surface area contributed by atoms with Crippen LogP contribution in [0, 0.1) is 0 Å². The summed E-state index contributed by atoms with van der Waals surface area (Å²) in [4.78, 5) is 16.9. The largest absolute Gasteiger partial charge is 0.497 e. The van der Waals surface area contributed by atoms with E-state index in [1.807, 2.05) is 56.1 Å². The van der Waals surface area contributed by atoms with Crippen LogP contribution in [-0.2, 0) is 26.6 Å². The maximum atomic E-state index is 5.41. The van der Waals surface area contributed by atoms with Gasteiger partial charge >= 0.3 is 0 Å². The van der Waals surface area contributed by atoms with Crippen LogP contribution in [0.5, 0.6) is 11.5 Å². The number of anilines is 3. The summed E-state index contributed by atoms with van der Waals surface area (Å²) in [6.07, 6.45) is 10.2. The quantitative estimate of drug-likeness (QED) is 0.175. The second-order valence-corrected chi connectivity index (χ2v) is 10.6. The Hall–Kier alpha value is -5.44. The number of ether oxygens (including phenoxy) is 2. The Morgan fingerprint density at radius 2 is 1.52 bits per heavy atom. The zero-order chi connectivity index (χ0) is 30.5. The van der Waals surface area contributed by atoms with Crippen molar-refractivity contribution in [3.63, 3.8) is 0 Å². The summed E-state index contributed by atoms with van der Waals surface area (Å²) in [5.41, 5.74) is 6.22. The van der Waals surface area contributed by atoms with Crippen LogP contribution in [-0.4, -0.2) is 39.0 Å². The molecule has 0 atom stereocenters. The Labute approximate surface area is 257 Å². The molecule has 6 aromatic rings. The fraction of sp³-hybridized carbons (Fsp3) is 0.200. The van der Waals surface area contributed by atoms with Crippen molar-refractivity contribution in [3.05, 3.63) is 114 Å². The Kier molecular flexibility index (Phi) is 8.36. The number of nitrogens with zero attached hydrogens (tertiary/aromatic N) is 6. The highest BCUT2D eigenvalue weighted by Gasteiger charge is 2.18. The van der Waals surface area contributed by atoms with Gasteiger partial charge in [-0.05, 0) is 71.0 Å². The molecule has 222 valence electrons. The summed E-state index contributed by atoms with van der Waals surface area (Å²) in [6.45, 7) is 3.41. The third kappa shape index (κ3) is 6.32. The smallest absolute Gasteiger partial charge is 0.139 e. The van der Waals surface area contributed by atoms with Crippen molar-refractivity contribution in [3.8, 4) is 22.8 Å². The highest BCUT2D eigenvalue weighted by molar-refractivity contribution is 5.96. The maximum Gasteiger partial charge on any atom is 0.139 e. The van der Waals surface area contributed by atoms with E-state index in [0.717, 1.165) is 68.4 Å². The maximum absolute atomic E-state index is 5.41. The molecule has 9 nitrogen and oxygen atoms in total. The summed E-state index contributed by atoms with van der Waals surface area (Å²) in [5.74, 6) is 3.22. The van der Waals surface area contributed by atoms with E-state index in [-0.39, 0.29) is 0 Å². The van der Waals surface area contributed by atoms with Crippen LogP contribution in [0.25, 0.3) is 22.0 Å². The Morgan fingerprint density at radius 3 is 2.11 bits per heavy atom. The number of methoxy groups -OCH3 is 2. The lowest BCUT2D eigenvalue weighted by molar-refractivity contribution is 0.414. The van der Waals surface area contributed by atoms with Crippen LogP contribution >= 0.6 is 0 Å². The Morgan fingerprint density at radius 1 is 0.841 bits per heavy atom. The first-order valence-corrected chi connectivity index (χ1v) is 14.5.